The van der Waals surface area contributed by atoms with Crippen LogP contribution in [0, 0.1) is 5.92 Å². The molecule has 3 nitrogen and oxygen atoms in total. The normalized spacial score (nSPS) is 20.6. The van der Waals surface area contributed by atoms with Gasteiger partial charge in [-0.05, 0) is 12.3 Å². The third-order valence-corrected chi connectivity index (χ3v) is 4.71. The van der Waals surface area contributed by atoms with Gasteiger partial charge in [0.1, 0.15) is 0 Å². The molecule has 0 radical (unpaired) electrons. The average molecular weight is 346 g/mol. The van der Waals surface area contributed by atoms with E-state index in [1.165, 1.54) is 77.2 Å². The minimum Gasteiger partial charge on any atom is -1.00 e. The van der Waals surface area contributed by atoms with E-state index < -0.39 is 0 Å². The van der Waals surface area contributed by atoms with E-state index >= 15 is 0 Å². The highest BCUT2D eigenvalue weighted by molar-refractivity contribution is 5.76. The fourth-order valence-corrected chi connectivity index (χ4v) is 3.55. The van der Waals surface area contributed by atoms with Crippen LogP contribution < -0.4 is 17.0 Å². The van der Waals surface area contributed by atoms with Gasteiger partial charge >= 0.3 is 5.96 Å². The lowest BCUT2D eigenvalue weighted by Gasteiger charge is -2.36. The molecular formula is C16H32BrN3. The van der Waals surface area contributed by atoms with Gasteiger partial charge in [-0.3, -0.25) is 14.4 Å². The predicted octanol–water partition coefficient (Wildman–Crippen LogP) is -0.383. The minimum atomic E-state index is 0. The minimum absolute atomic E-state index is 0. The number of unbranched alkanes of at least 4 members (excludes halogenated alkanes) is 1. The lowest BCUT2D eigenvalue weighted by atomic mass is 9.99. The Morgan fingerprint density at radius 1 is 1.15 bits per heavy atom. The monoisotopic (exact) mass is 345 g/mol. The lowest BCUT2D eigenvalue weighted by Crippen LogP contribution is -3.00. The zero-order valence-corrected chi connectivity index (χ0v) is 15.2. The number of hydrogen-bond donors (Lipinski definition) is 0. The van der Waals surface area contributed by atoms with E-state index in [2.05, 4.69) is 35.3 Å². The van der Waals surface area contributed by atoms with Gasteiger partial charge in [0.2, 0.25) is 0 Å². The Balaban J connectivity index is 0.00000200. The smallest absolute Gasteiger partial charge is 0.350 e. The number of rotatable bonds is 6. The Kier molecular flexibility index (Phi) is 7.93. The summed E-state index contributed by atoms with van der Waals surface area (Å²) in [4.78, 5) is 5.09. The van der Waals surface area contributed by atoms with Gasteiger partial charge in [-0.1, -0.05) is 33.1 Å². The van der Waals surface area contributed by atoms with Gasteiger partial charge in [-0.15, -0.1) is 0 Å². The van der Waals surface area contributed by atoms with Crippen molar-refractivity contribution in [2.24, 2.45) is 5.92 Å². The summed E-state index contributed by atoms with van der Waals surface area (Å²) in [6.45, 7) is 11.0. The van der Waals surface area contributed by atoms with Crippen LogP contribution in [0.25, 0.3) is 0 Å². The molecule has 0 spiro atoms. The fourth-order valence-electron chi connectivity index (χ4n) is 3.55. The van der Waals surface area contributed by atoms with Crippen molar-refractivity contribution in [2.45, 2.75) is 52.4 Å². The predicted molar refractivity (Wildman–Crippen MR) is 81.7 cm³/mol. The van der Waals surface area contributed by atoms with Crippen molar-refractivity contribution in [2.75, 3.05) is 39.8 Å². The molecule has 2 heterocycles. The first-order chi connectivity index (χ1) is 9.26. The van der Waals surface area contributed by atoms with Crippen molar-refractivity contribution in [3.63, 3.8) is 0 Å². The number of halogens is 1. The number of nitrogens with zero attached hydrogens (tertiary/aromatic N) is 3. The first-order valence-corrected chi connectivity index (χ1v) is 8.34. The largest absolute Gasteiger partial charge is 1.00 e. The van der Waals surface area contributed by atoms with Crippen molar-refractivity contribution >= 4 is 5.96 Å². The van der Waals surface area contributed by atoms with Crippen molar-refractivity contribution in [1.82, 2.24) is 9.80 Å². The number of guanidine groups is 1. The molecule has 1 unspecified atom stereocenters. The molecular weight excluding hydrogens is 314 g/mol. The molecule has 2 aliphatic rings. The van der Waals surface area contributed by atoms with Crippen LogP contribution in [0.1, 0.15) is 52.4 Å². The molecule has 0 aliphatic carbocycles. The van der Waals surface area contributed by atoms with Crippen LogP contribution in [0.2, 0.25) is 0 Å². The highest BCUT2D eigenvalue weighted by Crippen LogP contribution is 2.17. The summed E-state index contributed by atoms with van der Waals surface area (Å²) >= 11 is 0. The van der Waals surface area contributed by atoms with E-state index in [4.69, 9.17) is 0 Å². The Bertz CT molecular complexity index is 317. The van der Waals surface area contributed by atoms with Crippen LogP contribution >= 0.6 is 0 Å². The van der Waals surface area contributed by atoms with Gasteiger partial charge in [-0.2, -0.15) is 0 Å². The van der Waals surface area contributed by atoms with E-state index in [1.807, 2.05) is 0 Å². The van der Waals surface area contributed by atoms with Crippen molar-refractivity contribution in [1.29, 1.82) is 0 Å². The molecule has 0 amide bonds. The molecule has 0 aromatic rings. The van der Waals surface area contributed by atoms with Gasteiger partial charge in [0.15, 0.2) is 0 Å². The quantitative estimate of drug-likeness (QED) is 0.607. The fraction of sp³-hybridized carbons (Fsp3) is 0.938. The molecule has 2 rings (SSSR count). The Hall–Kier alpha value is -0.250. The molecule has 1 saturated heterocycles. The molecule has 2 aliphatic heterocycles. The van der Waals surface area contributed by atoms with Crippen molar-refractivity contribution in [3.8, 4) is 0 Å². The molecule has 0 N–H and O–H groups in total. The van der Waals surface area contributed by atoms with E-state index in [0.29, 0.717) is 0 Å². The zero-order chi connectivity index (χ0) is 13.7. The summed E-state index contributed by atoms with van der Waals surface area (Å²) in [5, 5.41) is 0. The van der Waals surface area contributed by atoms with Crippen LogP contribution in [-0.2, 0) is 0 Å². The molecule has 118 valence electrons. The van der Waals surface area contributed by atoms with E-state index in [0.717, 1.165) is 5.92 Å². The van der Waals surface area contributed by atoms with Crippen LogP contribution in [0.3, 0.4) is 0 Å². The lowest BCUT2D eigenvalue weighted by molar-refractivity contribution is -0.551. The Morgan fingerprint density at radius 2 is 1.90 bits per heavy atom. The summed E-state index contributed by atoms with van der Waals surface area (Å²) in [5.74, 6) is 2.40. The van der Waals surface area contributed by atoms with E-state index in [1.54, 1.807) is 0 Å². The second-order valence-corrected chi connectivity index (χ2v) is 6.28. The SMILES string of the molecule is CCCCC(CC)C[N+]1=C2N(C)CCCN2CCC1.[Br-]. The van der Waals surface area contributed by atoms with Crippen molar-refractivity contribution < 1.29 is 21.6 Å². The molecule has 0 aromatic carbocycles. The second kappa shape index (κ2) is 8.91. The molecule has 1 fully saturated rings. The Morgan fingerprint density at radius 3 is 2.60 bits per heavy atom. The van der Waals surface area contributed by atoms with E-state index in [9.17, 15) is 0 Å². The summed E-state index contributed by atoms with van der Waals surface area (Å²) < 4.78 is 2.67. The van der Waals surface area contributed by atoms with Gasteiger partial charge in [0, 0.05) is 12.8 Å². The maximum Gasteiger partial charge on any atom is 0.350 e. The first-order valence-electron chi connectivity index (χ1n) is 8.34. The van der Waals surface area contributed by atoms with Gasteiger partial charge in [0.25, 0.3) is 0 Å². The van der Waals surface area contributed by atoms with Gasteiger partial charge in [0.05, 0.1) is 39.8 Å². The third-order valence-electron chi connectivity index (χ3n) is 4.71. The topological polar surface area (TPSA) is 9.49 Å². The van der Waals surface area contributed by atoms with Crippen molar-refractivity contribution in [3.05, 3.63) is 0 Å². The molecule has 4 heteroatoms. The summed E-state index contributed by atoms with van der Waals surface area (Å²) in [6.07, 6.45) is 8.11. The maximum absolute atomic E-state index is 2.67. The number of hydrogen-bond acceptors (Lipinski definition) is 2. The second-order valence-electron chi connectivity index (χ2n) is 6.28. The summed E-state index contributed by atoms with van der Waals surface area (Å²) in [6, 6.07) is 0. The summed E-state index contributed by atoms with van der Waals surface area (Å²) in [5.41, 5.74) is 0. The average Bonchev–Trinajstić information content (AvgIpc) is 2.43. The maximum atomic E-state index is 2.67. The van der Waals surface area contributed by atoms with Crippen LogP contribution in [0.5, 0.6) is 0 Å². The third kappa shape index (κ3) is 4.37. The Labute approximate surface area is 135 Å². The van der Waals surface area contributed by atoms with Crippen LogP contribution in [0.4, 0.5) is 0 Å². The van der Waals surface area contributed by atoms with Gasteiger partial charge < -0.3 is 17.0 Å². The molecule has 20 heavy (non-hydrogen) atoms. The van der Waals surface area contributed by atoms with Gasteiger partial charge in [-0.25, -0.2) is 0 Å². The van der Waals surface area contributed by atoms with Crippen LogP contribution in [0.15, 0.2) is 0 Å². The first kappa shape index (κ1) is 17.8. The molecule has 0 saturated carbocycles. The van der Waals surface area contributed by atoms with E-state index in [-0.39, 0.29) is 17.0 Å². The summed E-state index contributed by atoms with van der Waals surface area (Å²) in [7, 11) is 2.27. The highest BCUT2D eigenvalue weighted by Gasteiger charge is 2.33. The standard InChI is InChI=1S/C16H32N3.BrH/c1-4-6-9-15(5-2)14-19-13-8-12-18-11-7-10-17(3)16(18)19;/h15H,4-14H2,1-3H3;1H/q+1;/p-1. The molecule has 0 bridgehead atoms. The number of fused-ring (bicyclic) bond motifs is 1. The molecule has 0 aromatic heterocycles. The zero-order valence-electron chi connectivity index (χ0n) is 13.6. The molecule has 1 atom stereocenters. The highest BCUT2D eigenvalue weighted by atomic mass is 79.9. The van der Waals surface area contributed by atoms with Crippen LogP contribution in [-0.4, -0.2) is 60.1 Å².